The molecule has 1 amide bonds. The number of benzene rings is 2. The second-order valence-corrected chi connectivity index (χ2v) is 6.19. The van der Waals surface area contributed by atoms with Gasteiger partial charge >= 0.3 is 0 Å². The topological polar surface area (TPSA) is 81.4 Å². The normalized spacial score (nSPS) is 15.8. The summed E-state index contributed by atoms with van der Waals surface area (Å²) in [4.78, 5) is 21.5. The fourth-order valence-corrected chi connectivity index (χ4v) is 2.75. The molecule has 2 aromatic carbocycles. The lowest BCUT2D eigenvalue weighted by atomic mass is 10.0. The van der Waals surface area contributed by atoms with Crippen LogP contribution in [0.1, 0.15) is 17.5 Å². The third kappa shape index (κ3) is 3.88. The summed E-state index contributed by atoms with van der Waals surface area (Å²) in [6.07, 6.45) is 0.810. The van der Waals surface area contributed by atoms with Crippen molar-refractivity contribution in [1.82, 2.24) is 14.8 Å². The fraction of sp³-hybridized carbons (Fsp3) is 0.158. The van der Waals surface area contributed by atoms with Crippen LogP contribution in [0.25, 0.3) is 0 Å². The van der Waals surface area contributed by atoms with Crippen molar-refractivity contribution in [3.63, 3.8) is 0 Å². The van der Waals surface area contributed by atoms with Crippen LogP contribution in [-0.4, -0.2) is 32.5 Å². The van der Waals surface area contributed by atoms with E-state index in [1.807, 2.05) is 0 Å². The number of halogens is 2. The first-order valence-corrected chi connectivity index (χ1v) is 8.51. The Morgan fingerprint density at radius 2 is 1.96 bits per heavy atom. The Morgan fingerprint density at radius 3 is 2.75 bits per heavy atom. The van der Waals surface area contributed by atoms with Gasteiger partial charge in [0.1, 0.15) is 18.0 Å². The summed E-state index contributed by atoms with van der Waals surface area (Å²) in [5.74, 6) is -1.06. The molecule has 4 rings (SSSR count). The molecule has 1 unspecified atom stereocenters. The number of carbonyl (C=O) groups excluding carboxylic acids is 1. The first-order valence-electron chi connectivity index (χ1n) is 8.51. The molecule has 0 spiro atoms. The predicted molar refractivity (Wildman–Crippen MR) is 96.6 cm³/mol. The number of anilines is 1. The zero-order valence-corrected chi connectivity index (χ0v) is 14.5. The van der Waals surface area contributed by atoms with Crippen molar-refractivity contribution in [1.29, 1.82) is 0 Å². The highest BCUT2D eigenvalue weighted by molar-refractivity contribution is 6.05. The van der Waals surface area contributed by atoms with E-state index >= 15 is 0 Å². The van der Waals surface area contributed by atoms with E-state index in [2.05, 4.69) is 20.6 Å². The highest BCUT2D eigenvalue weighted by Crippen LogP contribution is 2.18. The molecule has 1 N–H and O–H groups in total. The lowest BCUT2D eigenvalue weighted by molar-refractivity contribution is -0.125. The summed E-state index contributed by atoms with van der Waals surface area (Å²) in [7, 11) is 0. The zero-order valence-electron chi connectivity index (χ0n) is 14.5. The van der Waals surface area contributed by atoms with Gasteiger partial charge in [0.15, 0.2) is 0 Å². The Balaban J connectivity index is 1.35. The fourth-order valence-electron chi connectivity index (χ4n) is 2.75. The smallest absolute Gasteiger partial charge is 0.271 e. The van der Waals surface area contributed by atoms with Crippen molar-refractivity contribution in [2.45, 2.75) is 19.1 Å². The number of carbonyl (C=O) groups is 1. The summed E-state index contributed by atoms with van der Waals surface area (Å²) in [5.41, 5.74) is 1.70. The number of nitrogens with zero attached hydrogens (tertiary/aromatic N) is 4. The molecule has 0 saturated carbocycles. The number of amides is 1. The van der Waals surface area contributed by atoms with Gasteiger partial charge in [0.2, 0.25) is 12.1 Å². The second-order valence-electron chi connectivity index (χ2n) is 6.19. The molecule has 1 atom stereocenters. The van der Waals surface area contributed by atoms with Gasteiger partial charge in [-0.05, 0) is 23.8 Å². The summed E-state index contributed by atoms with van der Waals surface area (Å²) >= 11 is 0. The van der Waals surface area contributed by atoms with Crippen LogP contribution in [0.4, 0.5) is 14.7 Å². The highest BCUT2D eigenvalue weighted by atomic mass is 19.1. The number of nitrogens with one attached hydrogen (secondary N) is 1. The van der Waals surface area contributed by atoms with Crippen LogP contribution in [0.3, 0.4) is 0 Å². The second kappa shape index (κ2) is 7.55. The Hall–Kier alpha value is -3.62. The molecule has 1 aliphatic heterocycles. The van der Waals surface area contributed by atoms with Crippen LogP contribution in [0.15, 0.2) is 60.0 Å². The standard InChI is InChI=1S/C19H15F2N5O2/c20-14-7-5-12(6-8-14)16-9-17(28-25-16)18(27)23-19-22-11-26(24-19)10-13-3-1-2-4-15(13)21/h1-8,11,17H,9-10H2,(H,23,24,27). The van der Waals surface area contributed by atoms with Crippen molar-refractivity contribution in [2.24, 2.45) is 5.16 Å². The van der Waals surface area contributed by atoms with E-state index in [1.165, 1.54) is 29.2 Å². The lowest BCUT2D eigenvalue weighted by Crippen LogP contribution is -2.28. The third-order valence-corrected chi connectivity index (χ3v) is 4.20. The Labute approximate surface area is 158 Å². The van der Waals surface area contributed by atoms with Crippen molar-refractivity contribution in [3.05, 3.63) is 77.6 Å². The molecule has 0 saturated heterocycles. The average Bonchev–Trinajstić information content (AvgIpc) is 3.34. The van der Waals surface area contributed by atoms with Crippen molar-refractivity contribution in [3.8, 4) is 0 Å². The molecule has 0 radical (unpaired) electrons. The van der Waals surface area contributed by atoms with Gasteiger partial charge in [0, 0.05) is 12.0 Å². The first kappa shape index (κ1) is 17.8. The Kier molecular flexibility index (Phi) is 4.79. The molecule has 3 aromatic rings. The molecule has 28 heavy (non-hydrogen) atoms. The lowest BCUT2D eigenvalue weighted by Gasteiger charge is -2.06. The van der Waals surface area contributed by atoms with Crippen LogP contribution in [0.2, 0.25) is 0 Å². The number of oxime groups is 1. The highest BCUT2D eigenvalue weighted by Gasteiger charge is 2.29. The maximum absolute atomic E-state index is 13.7. The quantitative estimate of drug-likeness (QED) is 0.735. The molecule has 142 valence electrons. The molecule has 0 aliphatic carbocycles. The molecule has 1 aliphatic rings. The van der Waals surface area contributed by atoms with E-state index in [9.17, 15) is 13.6 Å². The number of hydrogen-bond acceptors (Lipinski definition) is 5. The third-order valence-electron chi connectivity index (χ3n) is 4.20. The minimum absolute atomic E-state index is 0.0835. The predicted octanol–water partition coefficient (Wildman–Crippen LogP) is 2.74. The molecule has 1 aromatic heterocycles. The number of rotatable bonds is 5. The largest absolute Gasteiger partial charge is 0.382 e. The minimum Gasteiger partial charge on any atom is -0.382 e. The van der Waals surface area contributed by atoms with Gasteiger partial charge in [-0.25, -0.2) is 18.4 Å². The molecular weight excluding hydrogens is 368 g/mol. The van der Waals surface area contributed by atoms with E-state index in [1.54, 1.807) is 30.3 Å². The van der Waals surface area contributed by atoms with Crippen molar-refractivity contribution in [2.75, 3.05) is 5.32 Å². The van der Waals surface area contributed by atoms with Crippen LogP contribution in [0.5, 0.6) is 0 Å². The van der Waals surface area contributed by atoms with Gasteiger partial charge < -0.3 is 4.84 Å². The first-order chi connectivity index (χ1) is 13.6. The van der Waals surface area contributed by atoms with Crippen LogP contribution in [-0.2, 0) is 16.2 Å². The van der Waals surface area contributed by atoms with Crippen molar-refractivity contribution >= 4 is 17.6 Å². The van der Waals surface area contributed by atoms with Crippen LogP contribution < -0.4 is 5.32 Å². The van der Waals surface area contributed by atoms with Crippen LogP contribution >= 0.6 is 0 Å². The Morgan fingerprint density at radius 1 is 1.18 bits per heavy atom. The van der Waals surface area contributed by atoms with Crippen molar-refractivity contribution < 1.29 is 18.4 Å². The van der Waals surface area contributed by atoms with Gasteiger partial charge in [0.25, 0.3) is 5.91 Å². The SMILES string of the molecule is O=C(Nc1ncn(Cc2ccccc2F)n1)C1CC(c2ccc(F)cc2)=NO1. The molecular formula is C19H15F2N5O2. The molecule has 9 heteroatoms. The van der Waals surface area contributed by atoms with Gasteiger partial charge in [-0.15, -0.1) is 5.10 Å². The Bertz CT molecular complexity index is 1030. The maximum atomic E-state index is 13.7. The summed E-state index contributed by atoms with van der Waals surface area (Å²) in [5, 5.41) is 10.6. The van der Waals surface area contributed by atoms with E-state index in [4.69, 9.17) is 4.84 Å². The van der Waals surface area contributed by atoms with Gasteiger partial charge in [-0.1, -0.05) is 35.5 Å². The van der Waals surface area contributed by atoms with E-state index in [0.717, 1.165) is 0 Å². The van der Waals surface area contributed by atoms with Gasteiger partial charge in [-0.3, -0.25) is 10.1 Å². The number of hydrogen-bond donors (Lipinski definition) is 1. The van der Waals surface area contributed by atoms with E-state index < -0.39 is 12.0 Å². The molecule has 0 bridgehead atoms. The molecule has 7 nitrogen and oxygen atoms in total. The van der Waals surface area contributed by atoms with Crippen LogP contribution in [0, 0.1) is 11.6 Å². The molecule has 2 heterocycles. The summed E-state index contributed by atoms with van der Waals surface area (Å²) in [6.45, 7) is 0.188. The zero-order chi connectivity index (χ0) is 19.5. The summed E-state index contributed by atoms with van der Waals surface area (Å²) < 4.78 is 28.1. The average molecular weight is 383 g/mol. The van der Waals surface area contributed by atoms with E-state index in [0.29, 0.717) is 16.8 Å². The monoisotopic (exact) mass is 383 g/mol. The van der Waals surface area contributed by atoms with Gasteiger partial charge in [-0.2, -0.15) is 0 Å². The number of aromatic nitrogens is 3. The molecule has 0 fully saturated rings. The van der Waals surface area contributed by atoms with Gasteiger partial charge in [0.05, 0.1) is 12.3 Å². The minimum atomic E-state index is -0.835. The maximum Gasteiger partial charge on any atom is 0.271 e. The van der Waals surface area contributed by atoms with E-state index in [-0.39, 0.29) is 30.5 Å². The summed E-state index contributed by atoms with van der Waals surface area (Å²) in [6, 6.07) is 12.1.